The molecule has 7 heteroatoms. The van der Waals surface area contributed by atoms with E-state index < -0.39 is 0 Å². The molecule has 4 rings (SSSR count). The molecule has 0 saturated carbocycles. The summed E-state index contributed by atoms with van der Waals surface area (Å²) in [5.41, 5.74) is 3.69. The molecule has 0 spiro atoms. The molecule has 1 aliphatic rings. The summed E-state index contributed by atoms with van der Waals surface area (Å²) in [4.78, 5) is 9.31. The van der Waals surface area contributed by atoms with Gasteiger partial charge in [-0.1, -0.05) is 35.9 Å². The lowest BCUT2D eigenvalue weighted by atomic mass is 10.2. The molecule has 2 aromatic carbocycles. The molecule has 0 radical (unpaired) electrons. The third-order valence-electron chi connectivity index (χ3n) is 4.88. The summed E-state index contributed by atoms with van der Waals surface area (Å²) in [7, 11) is 0. The van der Waals surface area contributed by atoms with Gasteiger partial charge < -0.3 is 15.1 Å². The number of rotatable bonds is 5. The third-order valence-corrected chi connectivity index (χ3v) is 5.13. The predicted molar refractivity (Wildman–Crippen MR) is 114 cm³/mol. The SMILES string of the molecule is Cc1cccc(N2CCN(c3cnnc(NCc4ccc(Cl)cc4)n3)CC2)c1. The second kappa shape index (κ2) is 8.44. The van der Waals surface area contributed by atoms with E-state index in [1.54, 1.807) is 6.20 Å². The van der Waals surface area contributed by atoms with Gasteiger partial charge in [-0.3, -0.25) is 0 Å². The van der Waals surface area contributed by atoms with Crippen molar-refractivity contribution >= 4 is 29.1 Å². The molecule has 0 atom stereocenters. The molecule has 0 bridgehead atoms. The number of aromatic nitrogens is 3. The molecule has 1 saturated heterocycles. The first-order valence-corrected chi connectivity index (χ1v) is 9.80. The van der Waals surface area contributed by atoms with Gasteiger partial charge in [0, 0.05) is 43.4 Å². The van der Waals surface area contributed by atoms with E-state index >= 15 is 0 Å². The van der Waals surface area contributed by atoms with Crippen molar-refractivity contribution in [3.63, 3.8) is 0 Å². The smallest absolute Gasteiger partial charge is 0.244 e. The molecule has 0 unspecified atom stereocenters. The number of halogens is 1. The van der Waals surface area contributed by atoms with E-state index in [-0.39, 0.29) is 0 Å². The quantitative estimate of drug-likeness (QED) is 0.710. The summed E-state index contributed by atoms with van der Waals surface area (Å²) >= 11 is 5.93. The number of aryl methyl sites for hydroxylation is 1. The Bertz CT molecular complexity index is 922. The molecule has 6 nitrogen and oxygen atoms in total. The van der Waals surface area contributed by atoms with Crippen LogP contribution >= 0.6 is 11.6 Å². The van der Waals surface area contributed by atoms with Crippen molar-refractivity contribution in [1.82, 2.24) is 15.2 Å². The minimum absolute atomic E-state index is 0.536. The fourth-order valence-electron chi connectivity index (χ4n) is 3.32. The summed E-state index contributed by atoms with van der Waals surface area (Å²) in [5, 5.41) is 12.2. The van der Waals surface area contributed by atoms with E-state index in [4.69, 9.17) is 11.6 Å². The van der Waals surface area contributed by atoms with Crippen molar-refractivity contribution in [2.24, 2.45) is 0 Å². The van der Waals surface area contributed by atoms with E-state index in [0.717, 1.165) is 42.6 Å². The molecule has 3 aromatic rings. The lowest BCUT2D eigenvalue weighted by Gasteiger charge is -2.36. The Hall–Kier alpha value is -2.86. The van der Waals surface area contributed by atoms with E-state index in [2.05, 4.69) is 61.5 Å². The summed E-state index contributed by atoms with van der Waals surface area (Å²) in [6.07, 6.45) is 1.73. The average molecular weight is 395 g/mol. The normalized spacial score (nSPS) is 14.2. The number of hydrogen-bond acceptors (Lipinski definition) is 6. The van der Waals surface area contributed by atoms with Crippen LogP contribution in [-0.2, 0) is 6.54 Å². The Kier molecular flexibility index (Phi) is 5.58. The maximum Gasteiger partial charge on any atom is 0.244 e. The fourth-order valence-corrected chi connectivity index (χ4v) is 3.45. The van der Waals surface area contributed by atoms with Gasteiger partial charge in [0.2, 0.25) is 5.95 Å². The zero-order chi connectivity index (χ0) is 19.3. The van der Waals surface area contributed by atoms with Crippen LogP contribution in [0.15, 0.2) is 54.7 Å². The summed E-state index contributed by atoms with van der Waals surface area (Å²) in [5.74, 6) is 1.39. The highest BCUT2D eigenvalue weighted by atomic mass is 35.5. The lowest BCUT2D eigenvalue weighted by Crippen LogP contribution is -2.47. The maximum atomic E-state index is 5.93. The largest absolute Gasteiger partial charge is 0.368 e. The van der Waals surface area contributed by atoms with E-state index in [1.807, 2.05) is 24.3 Å². The van der Waals surface area contributed by atoms with Crippen LogP contribution in [0.3, 0.4) is 0 Å². The van der Waals surface area contributed by atoms with Crippen molar-refractivity contribution in [1.29, 1.82) is 0 Å². The highest BCUT2D eigenvalue weighted by molar-refractivity contribution is 6.30. The first-order chi connectivity index (χ1) is 13.7. The Balaban J connectivity index is 1.36. The molecule has 1 N–H and O–H groups in total. The summed E-state index contributed by atoms with van der Waals surface area (Å²) in [6.45, 7) is 6.49. The van der Waals surface area contributed by atoms with E-state index in [1.165, 1.54) is 11.3 Å². The Labute approximate surface area is 170 Å². The van der Waals surface area contributed by atoms with Crippen molar-refractivity contribution < 1.29 is 0 Å². The van der Waals surface area contributed by atoms with Crippen LogP contribution in [0, 0.1) is 6.92 Å². The van der Waals surface area contributed by atoms with Crippen LogP contribution in [0.25, 0.3) is 0 Å². The van der Waals surface area contributed by atoms with Crippen molar-refractivity contribution in [2.45, 2.75) is 13.5 Å². The fraction of sp³-hybridized carbons (Fsp3) is 0.286. The topological polar surface area (TPSA) is 57.2 Å². The Morgan fingerprint density at radius 1 is 1.00 bits per heavy atom. The maximum absolute atomic E-state index is 5.93. The Morgan fingerprint density at radius 3 is 2.50 bits per heavy atom. The van der Waals surface area contributed by atoms with Gasteiger partial charge in [0.15, 0.2) is 5.82 Å². The van der Waals surface area contributed by atoms with Gasteiger partial charge in [-0.2, -0.15) is 10.1 Å². The first kappa shape index (κ1) is 18.5. The number of hydrogen-bond donors (Lipinski definition) is 1. The molecule has 1 aliphatic heterocycles. The van der Waals surface area contributed by atoms with Crippen molar-refractivity contribution in [2.75, 3.05) is 41.3 Å². The minimum Gasteiger partial charge on any atom is -0.368 e. The zero-order valence-electron chi connectivity index (χ0n) is 15.8. The van der Waals surface area contributed by atoms with Gasteiger partial charge in [0.05, 0.1) is 6.20 Å². The second-order valence-electron chi connectivity index (χ2n) is 6.93. The third kappa shape index (κ3) is 4.51. The molecule has 1 fully saturated rings. The average Bonchev–Trinajstić information content (AvgIpc) is 2.74. The summed E-state index contributed by atoms with van der Waals surface area (Å²) < 4.78 is 0. The molecular weight excluding hydrogens is 372 g/mol. The highest BCUT2D eigenvalue weighted by Crippen LogP contribution is 2.20. The number of piperazine rings is 1. The highest BCUT2D eigenvalue weighted by Gasteiger charge is 2.19. The lowest BCUT2D eigenvalue weighted by molar-refractivity contribution is 0.644. The number of anilines is 3. The van der Waals surface area contributed by atoms with Gasteiger partial charge in [0.25, 0.3) is 0 Å². The van der Waals surface area contributed by atoms with Gasteiger partial charge >= 0.3 is 0 Å². The molecular formula is C21H23ClN6. The van der Waals surface area contributed by atoms with Crippen molar-refractivity contribution in [3.05, 3.63) is 70.9 Å². The van der Waals surface area contributed by atoms with Crippen LogP contribution in [0.4, 0.5) is 17.5 Å². The molecule has 0 aliphatic carbocycles. The first-order valence-electron chi connectivity index (χ1n) is 9.42. The van der Waals surface area contributed by atoms with Gasteiger partial charge in [-0.15, -0.1) is 5.10 Å². The van der Waals surface area contributed by atoms with Crippen LogP contribution in [0.2, 0.25) is 5.02 Å². The number of benzene rings is 2. The molecule has 1 aromatic heterocycles. The molecule has 2 heterocycles. The second-order valence-corrected chi connectivity index (χ2v) is 7.37. The Morgan fingerprint density at radius 2 is 1.75 bits per heavy atom. The molecule has 28 heavy (non-hydrogen) atoms. The van der Waals surface area contributed by atoms with Gasteiger partial charge in [-0.05, 0) is 42.3 Å². The standard InChI is InChI=1S/C21H23ClN6/c1-16-3-2-4-19(13-16)27-9-11-28(12-10-27)20-15-24-26-21(25-20)23-14-17-5-7-18(22)8-6-17/h2-8,13,15H,9-12,14H2,1H3,(H,23,25,26). The van der Waals surface area contributed by atoms with Gasteiger partial charge in [0.1, 0.15) is 0 Å². The van der Waals surface area contributed by atoms with Gasteiger partial charge in [-0.25, -0.2) is 0 Å². The van der Waals surface area contributed by atoms with Crippen LogP contribution in [0.1, 0.15) is 11.1 Å². The van der Waals surface area contributed by atoms with Crippen LogP contribution in [0.5, 0.6) is 0 Å². The van der Waals surface area contributed by atoms with Crippen LogP contribution in [-0.4, -0.2) is 41.4 Å². The van der Waals surface area contributed by atoms with E-state index in [0.29, 0.717) is 12.5 Å². The van der Waals surface area contributed by atoms with E-state index in [9.17, 15) is 0 Å². The molecule has 144 valence electrons. The predicted octanol–water partition coefficient (Wildman–Crippen LogP) is 3.77. The minimum atomic E-state index is 0.536. The molecule has 0 amide bonds. The van der Waals surface area contributed by atoms with Crippen molar-refractivity contribution in [3.8, 4) is 0 Å². The zero-order valence-corrected chi connectivity index (χ0v) is 16.6. The number of nitrogens with zero attached hydrogens (tertiary/aromatic N) is 5. The monoisotopic (exact) mass is 394 g/mol. The summed E-state index contributed by atoms with van der Waals surface area (Å²) in [6, 6.07) is 16.4. The number of nitrogens with one attached hydrogen (secondary N) is 1. The van der Waals surface area contributed by atoms with Crippen LogP contribution < -0.4 is 15.1 Å².